The molecule has 0 radical (unpaired) electrons. The third-order valence-electron chi connectivity index (χ3n) is 5.45. The highest BCUT2D eigenvalue weighted by molar-refractivity contribution is 7.91. The van der Waals surface area contributed by atoms with Crippen LogP contribution in [0.2, 0.25) is 0 Å². The Balaban J connectivity index is 2.06. The molecule has 4 rings (SSSR count). The fourth-order valence-corrected chi connectivity index (χ4v) is 5.70. The molecule has 2 N–H and O–H groups in total. The minimum atomic E-state index is -4.07. The zero-order valence-electron chi connectivity index (χ0n) is 16.5. The highest BCUT2D eigenvalue weighted by atomic mass is 32.2. The molecule has 1 aliphatic heterocycles. The molecule has 1 aromatic carbocycles. The van der Waals surface area contributed by atoms with Gasteiger partial charge in [-0.2, -0.15) is 0 Å². The number of anilines is 1. The number of carbonyl (C=O) groups is 1. The third kappa shape index (κ3) is 2.62. The predicted octanol–water partition coefficient (Wildman–Crippen LogP) is 1.61. The first-order chi connectivity index (χ1) is 13.7. The molecule has 3 aromatic rings. The number of sulfonamides is 1. The van der Waals surface area contributed by atoms with Crippen molar-refractivity contribution >= 4 is 43.8 Å². The molecule has 10 heteroatoms. The van der Waals surface area contributed by atoms with Gasteiger partial charge in [0.25, 0.3) is 5.91 Å². The SMILES string of the molecule is CCc1nc(N2CCCC2(C(N)=O)S(=O)(=O)N(C)C)c2oc3ccccc3c2n1. The van der Waals surface area contributed by atoms with Gasteiger partial charge >= 0.3 is 0 Å². The van der Waals surface area contributed by atoms with E-state index < -0.39 is 20.8 Å². The number of benzene rings is 1. The van der Waals surface area contributed by atoms with Crippen LogP contribution in [0.4, 0.5) is 5.82 Å². The van der Waals surface area contributed by atoms with Gasteiger partial charge in [0.1, 0.15) is 16.9 Å². The number of carbonyl (C=O) groups excluding carboxylic acids is 1. The maximum absolute atomic E-state index is 13.3. The first kappa shape index (κ1) is 19.6. The summed E-state index contributed by atoms with van der Waals surface area (Å²) in [4.78, 5) is 21.3. The quantitative estimate of drug-likeness (QED) is 0.669. The van der Waals surface area contributed by atoms with E-state index in [9.17, 15) is 13.2 Å². The number of nitrogens with zero attached hydrogens (tertiary/aromatic N) is 4. The van der Waals surface area contributed by atoms with Crippen molar-refractivity contribution in [1.82, 2.24) is 14.3 Å². The van der Waals surface area contributed by atoms with Gasteiger partial charge in [0.15, 0.2) is 11.4 Å². The molecule has 1 atom stereocenters. The lowest BCUT2D eigenvalue weighted by Crippen LogP contribution is -2.62. The van der Waals surface area contributed by atoms with E-state index in [1.807, 2.05) is 31.2 Å². The second-order valence-electron chi connectivity index (χ2n) is 7.28. The summed E-state index contributed by atoms with van der Waals surface area (Å²) < 4.78 is 33.6. The number of primary amides is 1. The Hall–Kier alpha value is -2.72. The molecule has 1 fully saturated rings. The number of nitrogens with two attached hydrogens (primary N) is 1. The molecule has 0 saturated carbocycles. The molecule has 1 amide bonds. The number of fused-ring (bicyclic) bond motifs is 3. The molecular weight excluding hydrogens is 394 g/mol. The molecular formula is C19H23N5O4S. The smallest absolute Gasteiger partial charge is 0.260 e. The average Bonchev–Trinajstić information content (AvgIpc) is 3.30. The van der Waals surface area contributed by atoms with Crippen molar-refractivity contribution in [3.8, 4) is 0 Å². The zero-order chi connectivity index (χ0) is 21.0. The number of para-hydroxylation sites is 1. The van der Waals surface area contributed by atoms with Gasteiger partial charge in [-0.3, -0.25) is 4.79 Å². The molecule has 3 heterocycles. The summed E-state index contributed by atoms with van der Waals surface area (Å²) in [5.74, 6) is -0.110. The van der Waals surface area contributed by atoms with Crippen LogP contribution in [-0.4, -0.2) is 54.1 Å². The van der Waals surface area contributed by atoms with Crippen LogP contribution in [-0.2, 0) is 21.2 Å². The Labute approximate surface area is 168 Å². The summed E-state index contributed by atoms with van der Waals surface area (Å²) >= 11 is 0. The van der Waals surface area contributed by atoms with E-state index in [-0.39, 0.29) is 12.2 Å². The van der Waals surface area contributed by atoms with Crippen LogP contribution in [0.25, 0.3) is 22.1 Å². The van der Waals surface area contributed by atoms with Crippen LogP contribution in [0.1, 0.15) is 25.6 Å². The molecule has 1 aliphatic rings. The Bertz CT molecular complexity index is 1220. The predicted molar refractivity (Wildman–Crippen MR) is 110 cm³/mol. The van der Waals surface area contributed by atoms with Gasteiger partial charge in [-0.1, -0.05) is 19.1 Å². The molecule has 0 aliphatic carbocycles. The summed E-state index contributed by atoms with van der Waals surface area (Å²) in [6.45, 7) is 2.22. The van der Waals surface area contributed by atoms with Crippen LogP contribution in [0.3, 0.4) is 0 Å². The van der Waals surface area contributed by atoms with E-state index in [1.165, 1.54) is 19.0 Å². The standard InChI is InChI=1S/C19H23N5O4S/c1-4-14-21-15-12-8-5-6-9-13(12)28-16(15)17(22-14)24-11-7-10-19(24,18(20)25)29(26,27)23(2)3/h5-6,8-9H,4,7,10-11H2,1-3H3,(H2,20,25). The minimum Gasteiger partial charge on any atom is -0.450 e. The number of aryl methyl sites for hydroxylation is 1. The van der Waals surface area contributed by atoms with E-state index >= 15 is 0 Å². The monoisotopic (exact) mass is 417 g/mol. The lowest BCUT2D eigenvalue weighted by molar-refractivity contribution is -0.120. The van der Waals surface area contributed by atoms with E-state index in [0.717, 1.165) is 9.69 Å². The van der Waals surface area contributed by atoms with Gasteiger partial charge in [0, 0.05) is 32.4 Å². The van der Waals surface area contributed by atoms with Crippen LogP contribution >= 0.6 is 0 Å². The second kappa shape index (κ2) is 6.67. The highest BCUT2D eigenvalue weighted by Crippen LogP contribution is 2.42. The van der Waals surface area contributed by atoms with Crippen molar-refractivity contribution in [2.45, 2.75) is 31.1 Å². The van der Waals surface area contributed by atoms with Gasteiger partial charge in [-0.15, -0.1) is 0 Å². The summed E-state index contributed by atoms with van der Waals surface area (Å²) in [7, 11) is -1.28. The first-order valence-electron chi connectivity index (χ1n) is 9.41. The van der Waals surface area contributed by atoms with Gasteiger partial charge in [0.05, 0.1) is 0 Å². The number of rotatable bonds is 5. The van der Waals surface area contributed by atoms with Crippen molar-refractivity contribution in [3.05, 3.63) is 30.1 Å². The van der Waals surface area contributed by atoms with Gasteiger partial charge in [-0.05, 0) is 25.0 Å². The van der Waals surface area contributed by atoms with Gasteiger partial charge in [0.2, 0.25) is 14.9 Å². The van der Waals surface area contributed by atoms with Crippen LogP contribution < -0.4 is 10.6 Å². The number of hydrogen-bond acceptors (Lipinski definition) is 7. The Morgan fingerprint density at radius 1 is 1.31 bits per heavy atom. The average molecular weight is 417 g/mol. The van der Waals surface area contributed by atoms with E-state index in [2.05, 4.69) is 9.97 Å². The molecule has 154 valence electrons. The van der Waals surface area contributed by atoms with Crippen molar-refractivity contribution in [2.24, 2.45) is 5.73 Å². The summed E-state index contributed by atoms with van der Waals surface area (Å²) in [6.07, 6.45) is 1.10. The van der Waals surface area contributed by atoms with Crippen LogP contribution in [0.5, 0.6) is 0 Å². The summed E-state index contributed by atoms with van der Waals surface area (Å²) in [6, 6.07) is 7.43. The number of amides is 1. The van der Waals surface area contributed by atoms with Crippen molar-refractivity contribution in [3.63, 3.8) is 0 Å². The number of aromatic nitrogens is 2. The molecule has 9 nitrogen and oxygen atoms in total. The summed E-state index contributed by atoms with van der Waals surface area (Å²) in [5.41, 5.74) is 7.27. The van der Waals surface area contributed by atoms with Crippen molar-refractivity contribution < 1.29 is 17.6 Å². The molecule has 29 heavy (non-hydrogen) atoms. The maximum atomic E-state index is 13.3. The first-order valence-corrected chi connectivity index (χ1v) is 10.9. The highest BCUT2D eigenvalue weighted by Gasteiger charge is 2.59. The van der Waals surface area contributed by atoms with Gasteiger partial charge in [-0.25, -0.2) is 22.7 Å². The lowest BCUT2D eigenvalue weighted by atomic mass is 10.2. The maximum Gasteiger partial charge on any atom is 0.260 e. The number of furan rings is 1. The normalized spacial score (nSPS) is 20.2. The fraction of sp³-hybridized carbons (Fsp3) is 0.421. The van der Waals surface area contributed by atoms with E-state index in [0.29, 0.717) is 41.9 Å². The largest absolute Gasteiger partial charge is 0.450 e. The Morgan fingerprint density at radius 2 is 2.03 bits per heavy atom. The second-order valence-corrected chi connectivity index (χ2v) is 9.64. The third-order valence-corrected chi connectivity index (χ3v) is 7.89. The van der Waals surface area contributed by atoms with Crippen LogP contribution in [0, 0.1) is 0 Å². The summed E-state index contributed by atoms with van der Waals surface area (Å²) in [5, 5.41) is 0.806. The molecule has 0 bridgehead atoms. The molecule has 1 unspecified atom stereocenters. The molecule has 2 aromatic heterocycles. The number of hydrogen-bond donors (Lipinski definition) is 1. The Kier molecular flexibility index (Phi) is 4.50. The zero-order valence-corrected chi connectivity index (χ0v) is 17.4. The Morgan fingerprint density at radius 3 is 2.69 bits per heavy atom. The van der Waals surface area contributed by atoms with Gasteiger partial charge < -0.3 is 15.1 Å². The van der Waals surface area contributed by atoms with E-state index in [1.54, 1.807) is 0 Å². The molecule has 0 spiro atoms. The van der Waals surface area contributed by atoms with E-state index in [4.69, 9.17) is 10.2 Å². The lowest BCUT2D eigenvalue weighted by Gasteiger charge is -2.37. The molecule has 1 saturated heterocycles. The van der Waals surface area contributed by atoms with Crippen molar-refractivity contribution in [1.29, 1.82) is 0 Å². The minimum absolute atomic E-state index is 0.0794. The topological polar surface area (TPSA) is 123 Å². The fourth-order valence-electron chi connectivity index (χ4n) is 3.99. The van der Waals surface area contributed by atoms with Crippen LogP contribution in [0.15, 0.2) is 28.7 Å². The van der Waals surface area contributed by atoms with Crippen molar-refractivity contribution in [2.75, 3.05) is 25.5 Å².